The normalized spacial score (nSPS) is 14.6. The Hall–Kier alpha value is -3.59. The number of fused-ring (bicyclic) bond motifs is 2. The minimum Gasteiger partial charge on any atom is -0.452 e. The summed E-state index contributed by atoms with van der Waals surface area (Å²) in [5, 5.41) is 1.10. The molecule has 1 aliphatic rings. The topological polar surface area (TPSA) is 31.2 Å². The Labute approximate surface area is 157 Å². The Bertz CT molecular complexity index is 1220. The van der Waals surface area contributed by atoms with Crippen LogP contribution in [0.25, 0.3) is 28.2 Å². The molecule has 3 aromatic carbocycles. The fraction of sp³-hybridized carbons (Fsp3) is 0.0417. The molecule has 0 amide bonds. The van der Waals surface area contributed by atoms with Crippen molar-refractivity contribution in [2.24, 2.45) is 7.05 Å². The van der Waals surface area contributed by atoms with Crippen molar-refractivity contribution in [3.8, 4) is 17.0 Å². The number of carbonyl (C=O) groups excluding carboxylic acids is 1. The van der Waals surface area contributed by atoms with E-state index in [0.717, 1.165) is 27.7 Å². The van der Waals surface area contributed by atoms with Crippen LogP contribution >= 0.6 is 0 Å². The molecule has 3 nitrogen and oxygen atoms in total. The van der Waals surface area contributed by atoms with E-state index in [1.165, 1.54) is 0 Å². The summed E-state index contributed by atoms with van der Waals surface area (Å²) in [7, 11) is 2.05. The zero-order valence-electron chi connectivity index (χ0n) is 14.8. The molecule has 27 heavy (non-hydrogen) atoms. The number of hydrogen-bond acceptors (Lipinski definition) is 2. The third-order valence-corrected chi connectivity index (χ3v) is 5.04. The number of ether oxygens (including phenoxy) is 1. The predicted octanol–water partition coefficient (Wildman–Crippen LogP) is 5.46. The molecule has 0 aliphatic carbocycles. The number of nitrogens with zero attached hydrogens (tertiary/aromatic N) is 1. The highest BCUT2D eigenvalue weighted by Gasteiger charge is 2.28. The molecule has 0 unspecified atom stereocenters. The summed E-state index contributed by atoms with van der Waals surface area (Å²) in [4.78, 5) is 12.8. The molecule has 0 saturated heterocycles. The van der Waals surface area contributed by atoms with Crippen molar-refractivity contribution in [2.45, 2.75) is 0 Å². The number of hydrogen-bond donors (Lipinski definition) is 0. The molecule has 5 rings (SSSR count). The molecule has 1 aromatic heterocycles. The molecule has 0 saturated carbocycles. The van der Waals surface area contributed by atoms with E-state index in [-0.39, 0.29) is 5.78 Å². The first kappa shape index (κ1) is 15.6. The van der Waals surface area contributed by atoms with Gasteiger partial charge in [0.1, 0.15) is 5.75 Å². The van der Waals surface area contributed by atoms with Crippen LogP contribution in [0.5, 0.6) is 5.75 Å². The number of allylic oxidation sites excluding steroid dienone is 1. The van der Waals surface area contributed by atoms with Gasteiger partial charge < -0.3 is 9.30 Å². The third kappa shape index (κ3) is 2.40. The third-order valence-electron chi connectivity index (χ3n) is 5.04. The van der Waals surface area contributed by atoms with Gasteiger partial charge in [-0.3, -0.25) is 4.79 Å². The van der Waals surface area contributed by atoms with Crippen LogP contribution in [-0.2, 0) is 7.05 Å². The van der Waals surface area contributed by atoms with Crippen LogP contribution in [0.15, 0.2) is 84.6 Å². The Morgan fingerprint density at radius 2 is 1.56 bits per heavy atom. The number of benzene rings is 3. The molecule has 1 aliphatic heterocycles. The summed E-state index contributed by atoms with van der Waals surface area (Å²) in [5.74, 6) is 0.914. The van der Waals surface area contributed by atoms with Crippen LogP contribution in [-0.4, -0.2) is 10.4 Å². The van der Waals surface area contributed by atoms with Crippen LogP contribution in [0, 0.1) is 0 Å². The zero-order valence-corrected chi connectivity index (χ0v) is 14.8. The van der Waals surface area contributed by atoms with Crippen molar-refractivity contribution in [1.82, 2.24) is 4.57 Å². The highest BCUT2D eigenvalue weighted by molar-refractivity contribution is 6.15. The van der Waals surface area contributed by atoms with E-state index in [9.17, 15) is 4.79 Å². The first-order chi connectivity index (χ1) is 13.2. The lowest BCUT2D eigenvalue weighted by Crippen LogP contribution is -1.99. The summed E-state index contributed by atoms with van der Waals surface area (Å²) >= 11 is 0. The van der Waals surface area contributed by atoms with Gasteiger partial charge in [-0.25, -0.2) is 0 Å². The summed E-state index contributed by atoms with van der Waals surface area (Å²) in [6, 6.07) is 25.8. The Morgan fingerprint density at radius 3 is 2.37 bits per heavy atom. The number of carbonyl (C=O) groups is 1. The number of rotatable bonds is 2. The standard InChI is InChI=1S/C24H17NO2/c1-25-20-13-7-5-11-17(20)19(23(25)16-9-3-2-4-10-16)15-22-24(26)18-12-6-8-14-21(18)27-22/h2-15H,1H3. The van der Waals surface area contributed by atoms with E-state index in [4.69, 9.17) is 4.74 Å². The lowest BCUT2D eigenvalue weighted by molar-refractivity contribution is 0.101. The maximum Gasteiger partial charge on any atom is 0.231 e. The minimum absolute atomic E-state index is 0.0717. The first-order valence-electron chi connectivity index (χ1n) is 8.90. The largest absolute Gasteiger partial charge is 0.452 e. The molecular weight excluding hydrogens is 334 g/mol. The van der Waals surface area contributed by atoms with Gasteiger partial charge in [-0.2, -0.15) is 0 Å². The number of ketones is 1. The molecule has 4 aromatic rings. The fourth-order valence-corrected chi connectivity index (χ4v) is 3.78. The zero-order chi connectivity index (χ0) is 18.4. The monoisotopic (exact) mass is 351 g/mol. The van der Waals surface area contributed by atoms with Gasteiger partial charge in [0, 0.05) is 23.5 Å². The molecule has 130 valence electrons. The van der Waals surface area contributed by atoms with E-state index in [0.29, 0.717) is 17.1 Å². The summed E-state index contributed by atoms with van der Waals surface area (Å²) in [6.45, 7) is 0. The van der Waals surface area contributed by atoms with Crippen molar-refractivity contribution < 1.29 is 9.53 Å². The van der Waals surface area contributed by atoms with Crippen LogP contribution in [0.3, 0.4) is 0 Å². The number of aromatic nitrogens is 1. The van der Waals surface area contributed by atoms with Crippen molar-refractivity contribution >= 4 is 22.8 Å². The van der Waals surface area contributed by atoms with Gasteiger partial charge in [0.25, 0.3) is 0 Å². The average molecular weight is 351 g/mol. The fourth-order valence-electron chi connectivity index (χ4n) is 3.78. The molecule has 0 N–H and O–H groups in total. The van der Waals surface area contributed by atoms with Crippen molar-refractivity contribution in [2.75, 3.05) is 0 Å². The highest BCUT2D eigenvalue weighted by Crippen LogP contribution is 2.37. The second kappa shape index (κ2) is 5.99. The van der Waals surface area contributed by atoms with Gasteiger partial charge in [0.15, 0.2) is 5.76 Å². The second-order valence-electron chi connectivity index (χ2n) is 6.64. The minimum atomic E-state index is -0.0717. The average Bonchev–Trinajstić information content (AvgIpc) is 3.18. The summed E-state index contributed by atoms with van der Waals surface area (Å²) in [6.07, 6.45) is 1.88. The van der Waals surface area contributed by atoms with Crippen molar-refractivity contribution in [3.05, 3.63) is 95.7 Å². The van der Waals surface area contributed by atoms with E-state index < -0.39 is 0 Å². The van der Waals surface area contributed by atoms with Crippen LogP contribution in [0.1, 0.15) is 15.9 Å². The lowest BCUT2D eigenvalue weighted by atomic mass is 10.0. The quantitative estimate of drug-likeness (QED) is 0.449. The molecular formula is C24H17NO2. The molecule has 2 heterocycles. The predicted molar refractivity (Wildman–Crippen MR) is 108 cm³/mol. The van der Waals surface area contributed by atoms with Crippen molar-refractivity contribution in [3.63, 3.8) is 0 Å². The Balaban J connectivity index is 1.76. The Morgan fingerprint density at radius 1 is 0.852 bits per heavy atom. The molecule has 0 fully saturated rings. The molecule has 0 radical (unpaired) electrons. The van der Waals surface area contributed by atoms with Gasteiger partial charge in [0.2, 0.25) is 5.78 Å². The van der Waals surface area contributed by atoms with E-state index in [1.54, 1.807) is 6.07 Å². The summed E-state index contributed by atoms with van der Waals surface area (Å²) in [5.41, 5.74) is 4.90. The maximum atomic E-state index is 12.8. The van der Waals surface area contributed by atoms with Crippen LogP contribution in [0.2, 0.25) is 0 Å². The van der Waals surface area contributed by atoms with Crippen molar-refractivity contribution in [1.29, 1.82) is 0 Å². The SMILES string of the molecule is Cn1c(-c2ccccc2)c(C=C2Oc3ccccc3C2=O)c2ccccc21. The van der Waals surface area contributed by atoms with Gasteiger partial charge in [0.05, 0.1) is 11.3 Å². The van der Waals surface area contributed by atoms with E-state index >= 15 is 0 Å². The molecule has 0 spiro atoms. The number of Topliss-reactive ketones (excluding diaryl/α,β-unsaturated/α-hetero) is 1. The molecule has 3 heteroatoms. The van der Waals surface area contributed by atoms with Gasteiger partial charge in [-0.15, -0.1) is 0 Å². The second-order valence-corrected chi connectivity index (χ2v) is 6.64. The van der Waals surface area contributed by atoms with E-state index in [1.807, 2.05) is 54.6 Å². The number of para-hydroxylation sites is 2. The van der Waals surface area contributed by atoms with Crippen LogP contribution < -0.4 is 4.74 Å². The lowest BCUT2D eigenvalue weighted by Gasteiger charge is -2.07. The van der Waals surface area contributed by atoms with Gasteiger partial charge >= 0.3 is 0 Å². The van der Waals surface area contributed by atoms with Crippen LogP contribution in [0.4, 0.5) is 0 Å². The summed E-state index contributed by atoms with van der Waals surface area (Å²) < 4.78 is 8.04. The molecule has 0 bridgehead atoms. The first-order valence-corrected chi connectivity index (χ1v) is 8.90. The Kier molecular flexibility index (Phi) is 3.47. The van der Waals surface area contributed by atoms with Gasteiger partial charge in [-0.1, -0.05) is 60.7 Å². The maximum absolute atomic E-state index is 12.8. The van der Waals surface area contributed by atoms with Gasteiger partial charge in [-0.05, 0) is 29.8 Å². The number of aryl methyl sites for hydroxylation is 1. The highest BCUT2D eigenvalue weighted by atomic mass is 16.5. The molecule has 0 atom stereocenters. The smallest absolute Gasteiger partial charge is 0.231 e. The van der Waals surface area contributed by atoms with E-state index in [2.05, 4.69) is 35.9 Å².